The van der Waals surface area contributed by atoms with Crippen molar-refractivity contribution in [3.05, 3.63) is 0 Å². The standard InChI is InChI=1S/C20H37NO5/c1-17(23)21(15-19-11-8-10-14-25-19)16-20(26-18(2)24)12-7-5-3-4-6-9-13-22/h19-20,22H,3-16H2,1-2H3. The van der Waals surface area contributed by atoms with E-state index < -0.39 is 0 Å². The van der Waals surface area contributed by atoms with Crippen molar-refractivity contribution in [2.75, 3.05) is 26.3 Å². The van der Waals surface area contributed by atoms with Gasteiger partial charge in [-0.1, -0.05) is 25.7 Å². The number of hydrogen-bond acceptors (Lipinski definition) is 5. The Labute approximate surface area is 158 Å². The lowest BCUT2D eigenvalue weighted by Gasteiger charge is -2.31. The third-order valence-electron chi connectivity index (χ3n) is 4.83. The van der Waals surface area contributed by atoms with Crippen molar-refractivity contribution in [1.82, 2.24) is 4.90 Å². The van der Waals surface area contributed by atoms with E-state index in [-0.39, 0.29) is 30.7 Å². The molecule has 0 aromatic rings. The molecule has 0 aromatic heterocycles. The molecule has 1 heterocycles. The van der Waals surface area contributed by atoms with Crippen molar-refractivity contribution in [3.8, 4) is 0 Å². The number of esters is 1. The molecule has 1 amide bonds. The maximum atomic E-state index is 12.0. The highest BCUT2D eigenvalue weighted by Gasteiger charge is 2.23. The number of nitrogens with zero attached hydrogens (tertiary/aromatic N) is 1. The lowest BCUT2D eigenvalue weighted by molar-refractivity contribution is -0.150. The molecule has 1 rings (SSSR count). The van der Waals surface area contributed by atoms with Gasteiger partial charge in [-0.05, 0) is 38.5 Å². The minimum absolute atomic E-state index is 0.000305. The van der Waals surface area contributed by atoms with E-state index >= 15 is 0 Å². The van der Waals surface area contributed by atoms with Gasteiger partial charge in [0.25, 0.3) is 0 Å². The number of rotatable bonds is 13. The zero-order chi connectivity index (χ0) is 19.2. The zero-order valence-electron chi connectivity index (χ0n) is 16.6. The number of carbonyl (C=O) groups is 2. The van der Waals surface area contributed by atoms with E-state index in [0.717, 1.165) is 70.8 Å². The van der Waals surface area contributed by atoms with Crippen molar-refractivity contribution in [3.63, 3.8) is 0 Å². The van der Waals surface area contributed by atoms with Crippen molar-refractivity contribution in [1.29, 1.82) is 0 Å². The predicted molar refractivity (Wildman–Crippen MR) is 101 cm³/mol. The predicted octanol–water partition coefficient (Wildman–Crippen LogP) is 3.06. The highest BCUT2D eigenvalue weighted by molar-refractivity contribution is 5.73. The van der Waals surface area contributed by atoms with Gasteiger partial charge in [0, 0.05) is 33.6 Å². The summed E-state index contributed by atoms with van der Waals surface area (Å²) in [5.74, 6) is -0.296. The van der Waals surface area contributed by atoms with Crippen molar-refractivity contribution >= 4 is 11.9 Å². The van der Waals surface area contributed by atoms with Crippen LogP contribution in [-0.2, 0) is 19.1 Å². The van der Waals surface area contributed by atoms with Crippen LogP contribution in [0.3, 0.4) is 0 Å². The van der Waals surface area contributed by atoms with Crippen LogP contribution < -0.4 is 0 Å². The van der Waals surface area contributed by atoms with Gasteiger partial charge in [0.15, 0.2) is 0 Å². The molecular formula is C20H37NO5. The van der Waals surface area contributed by atoms with Crippen LogP contribution in [0, 0.1) is 0 Å². The van der Waals surface area contributed by atoms with E-state index in [1.807, 2.05) is 0 Å². The second-order valence-electron chi connectivity index (χ2n) is 7.28. The topological polar surface area (TPSA) is 76.1 Å². The minimum Gasteiger partial charge on any atom is -0.461 e. The molecule has 0 bridgehead atoms. The highest BCUT2D eigenvalue weighted by atomic mass is 16.5. The molecule has 1 aliphatic heterocycles. The van der Waals surface area contributed by atoms with E-state index in [4.69, 9.17) is 14.6 Å². The molecule has 0 spiro atoms. The fourth-order valence-corrected chi connectivity index (χ4v) is 3.39. The largest absolute Gasteiger partial charge is 0.461 e. The normalized spacial score (nSPS) is 18.3. The number of carbonyl (C=O) groups excluding carboxylic acids is 2. The van der Waals surface area contributed by atoms with Gasteiger partial charge in [-0.2, -0.15) is 0 Å². The van der Waals surface area contributed by atoms with Crippen molar-refractivity contribution in [2.45, 2.75) is 90.3 Å². The van der Waals surface area contributed by atoms with Crippen molar-refractivity contribution < 1.29 is 24.2 Å². The molecule has 0 aromatic carbocycles. The van der Waals surface area contributed by atoms with E-state index in [1.54, 1.807) is 11.8 Å². The highest BCUT2D eigenvalue weighted by Crippen LogP contribution is 2.16. The summed E-state index contributed by atoms with van der Waals surface area (Å²) in [6.07, 6.45) is 10.1. The molecule has 2 unspecified atom stereocenters. The first kappa shape index (κ1) is 22.9. The summed E-state index contributed by atoms with van der Waals surface area (Å²) >= 11 is 0. The van der Waals surface area contributed by atoms with Gasteiger partial charge >= 0.3 is 5.97 Å². The van der Waals surface area contributed by atoms with Gasteiger partial charge in [-0.3, -0.25) is 9.59 Å². The van der Waals surface area contributed by atoms with Crippen LogP contribution in [0.25, 0.3) is 0 Å². The summed E-state index contributed by atoms with van der Waals surface area (Å²) in [5, 5.41) is 8.78. The summed E-state index contributed by atoms with van der Waals surface area (Å²) in [6.45, 7) is 5.03. The van der Waals surface area contributed by atoms with Gasteiger partial charge in [0.2, 0.25) is 5.91 Å². The average molecular weight is 372 g/mol. The summed E-state index contributed by atoms with van der Waals surface area (Å²) in [7, 11) is 0. The van der Waals surface area contributed by atoms with Gasteiger partial charge in [-0.25, -0.2) is 0 Å². The maximum absolute atomic E-state index is 12.0. The molecule has 0 radical (unpaired) electrons. The fraction of sp³-hybridized carbons (Fsp3) is 0.900. The lowest BCUT2D eigenvalue weighted by Crippen LogP contribution is -2.43. The van der Waals surface area contributed by atoms with Gasteiger partial charge in [-0.15, -0.1) is 0 Å². The van der Waals surface area contributed by atoms with Gasteiger partial charge in [0.1, 0.15) is 6.10 Å². The first-order chi connectivity index (χ1) is 12.5. The number of ether oxygens (including phenoxy) is 2. The first-order valence-corrected chi connectivity index (χ1v) is 10.2. The third-order valence-corrected chi connectivity index (χ3v) is 4.83. The van der Waals surface area contributed by atoms with Crippen LogP contribution in [-0.4, -0.2) is 60.4 Å². The van der Waals surface area contributed by atoms with Crippen LogP contribution in [0.2, 0.25) is 0 Å². The first-order valence-electron chi connectivity index (χ1n) is 10.2. The molecular weight excluding hydrogens is 334 g/mol. The van der Waals surface area contributed by atoms with Crippen molar-refractivity contribution in [2.24, 2.45) is 0 Å². The second kappa shape index (κ2) is 14.0. The minimum atomic E-state index is -0.296. The Kier molecular flexibility index (Phi) is 12.3. The van der Waals surface area contributed by atoms with Crippen LogP contribution >= 0.6 is 0 Å². The monoisotopic (exact) mass is 371 g/mol. The zero-order valence-corrected chi connectivity index (χ0v) is 16.6. The summed E-state index contributed by atoms with van der Waals surface area (Å²) < 4.78 is 11.2. The van der Waals surface area contributed by atoms with E-state index in [2.05, 4.69) is 0 Å². The van der Waals surface area contributed by atoms with E-state index in [0.29, 0.717) is 13.1 Å². The molecule has 6 heteroatoms. The molecule has 1 N–H and O–H groups in total. The number of aliphatic hydroxyl groups excluding tert-OH is 1. The molecule has 1 saturated heterocycles. The number of unbranched alkanes of at least 4 members (excludes halogenated alkanes) is 5. The van der Waals surface area contributed by atoms with Crippen LogP contribution in [0.5, 0.6) is 0 Å². The molecule has 0 saturated carbocycles. The third kappa shape index (κ3) is 10.8. The molecule has 26 heavy (non-hydrogen) atoms. The Hall–Kier alpha value is -1.14. The number of amides is 1. The van der Waals surface area contributed by atoms with Crippen LogP contribution in [0.15, 0.2) is 0 Å². The Morgan fingerprint density at radius 3 is 2.38 bits per heavy atom. The average Bonchev–Trinajstić information content (AvgIpc) is 2.60. The Morgan fingerprint density at radius 2 is 1.81 bits per heavy atom. The van der Waals surface area contributed by atoms with Gasteiger partial charge in [0.05, 0.1) is 12.6 Å². The fourth-order valence-electron chi connectivity index (χ4n) is 3.39. The van der Waals surface area contributed by atoms with Gasteiger partial charge < -0.3 is 19.5 Å². The molecule has 0 aliphatic carbocycles. The number of aliphatic hydroxyl groups is 1. The Morgan fingerprint density at radius 1 is 1.12 bits per heavy atom. The number of hydrogen-bond donors (Lipinski definition) is 1. The summed E-state index contributed by atoms with van der Waals surface area (Å²) in [4.78, 5) is 25.2. The summed E-state index contributed by atoms with van der Waals surface area (Å²) in [5.41, 5.74) is 0. The van der Waals surface area contributed by atoms with E-state index in [9.17, 15) is 9.59 Å². The summed E-state index contributed by atoms with van der Waals surface area (Å²) in [6, 6.07) is 0. The second-order valence-corrected chi connectivity index (χ2v) is 7.28. The van der Waals surface area contributed by atoms with Crippen LogP contribution in [0.4, 0.5) is 0 Å². The molecule has 2 atom stereocenters. The Balaban J connectivity index is 2.40. The lowest BCUT2D eigenvalue weighted by atomic mass is 10.1. The molecule has 1 aliphatic rings. The Bertz CT molecular complexity index is 396. The molecule has 1 fully saturated rings. The molecule has 152 valence electrons. The van der Waals surface area contributed by atoms with E-state index in [1.165, 1.54) is 6.92 Å². The SMILES string of the molecule is CC(=O)OC(CCCCCCCCO)CN(CC1CCCCO1)C(C)=O. The quantitative estimate of drug-likeness (QED) is 0.398. The smallest absolute Gasteiger partial charge is 0.302 e. The maximum Gasteiger partial charge on any atom is 0.302 e. The molecule has 6 nitrogen and oxygen atoms in total. The van der Waals surface area contributed by atoms with Crippen LogP contribution in [0.1, 0.15) is 78.1 Å².